The van der Waals surface area contributed by atoms with E-state index in [1.807, 2.05) is 51.0 Å². The van der Waals surface area contributed by atoms with Gasteiger partial charge in [-0.15, -0.1) is 10.2 Å². The van der Waals surface area contributed by atoms with Crippen LogP contribution in [-0.4, -0.2) is 39.2 Å². The standard InChI is InChI=1S/C16H18N6O2/c1-10(2)13-18-15(22(3)4)20-16(19-13)24-12-7-5-6-11(8-12)14-21-17-9-23-14/h5-10H,1-4H3. The zero-order valence-electron chi connectivity index (χ0n) is 14.0. The lowest BCUT2D eigenvalue weighted by molar-refractivity contribution is 0.434. The largest absolute Gasteiger partial charge is 0.424 e. The average molecular weight is 326 g/mol. The summed E-state index contributed by atoms with van der Waals surface area (Å²) in [5.41, 5.74) is 0.760. The first-order valence-corrected chi connectivity index (χ1v) is 7.50. The maximum absolute atomic E-state index is 5.82. The molecule has 0 fully saturated rings. The minimum Gasteiger partial charge on any atom is -0.424 e. The van der Waals surface area contributed by atoms with Crippen LogP contribution in [0.4, 0.5) is 5.95 Å². The number of ether oxygens (including phenoxy) is 1. The molecule has 3 rings (SSSR count). The van der Waals surface area contributed by atoms with Gasteiger partial charge in [-0.3, -0.25) is 0 Å². The molecule has 2 aromatic heterocycles. The summed E-state index contributed by atoms with van der Waals surface area (Å²) < 4.78 is 11.0. The van der Waals surface area contributed by atoms with Crippen molar-refractivity contribution in [1.82, 2.24) is 25.1 Å². The third-order valence-electron chi connectivity index (χ3n) is 3.19. The van der Waals surface area contributed by atoms with E-state index in [0.717, 1.165) is 5.56 Å². The first-order chi connectivity index (χ1) is 11.5. The molecule has 24 heavy (non-hydrogen) atoms. The van der Waals surface area contributed by atoms with Gasteiger partial charge in [-0.25, -0.2) is 0 Å². The lowest BCUT2D eigenvalue weighted by Crippen LogP contribution is -2.15. The first kappa shape index (κ1) is 15.9. The van der Waals surface area contributed by atoms with Crippen molar-refractivity contribution >= 4 is 5.95 Å². The molecule has 0 bridgehead atoms. The van der Waals surface area contributed by atoms with Crippen molar-refractivity contribution in [2.45, 2.75) is 19.8 Å². The highest BCUT2D eigenvalue weighted by molar-refractivity contribution is 5.55. The fraction of sp³-hybridized carbons (Fsp3) is 0.312. The van der Waals surface area contributed by atoms with E-state index in [0.29, 0.717) is 23.4 Å². The van der Waals surface area contributed by atoms with Crippen LogP contribution >= 0.6 is 0 Å². The summed E-state index contributed by atoms with van der Waals surface area (Å²) in [7, 11) is 3.75. The molecule has 124 valence electrons. The van der Waals surface area contributed by atoms with Gasteiger partial charge >= 0.3 is 6.01 Å². The Morgan fingerprint density at radius 3 is 2.62 bits per heavy atom. The quantitative estimate of drug-likeness (QED) is 0.707. The molecular weight excluding hydrogens is 308 g/mol. The van der Waals surface area contributed by atoms with Gasteiger partial charge in [0.1, 0.15) is 11.6 Å². The van der Waals surface area contributed by atoms with E-state index in [9.17, 15) is 0 Å². The topological polar surface area (TPSA) is 90.1 Å². The SMILES string of the molecule is CC(C)c1nc(Oc2cccc(-c3nnco3)c2)nc(N(C)C)n1. The van der Waals surface area contributed by atoms with Crippen LogP contribution in [0.1, 0.15) is 25.6 Å². The van der Waals surface area contributed by atoms with Crippen LogP contribution in [0.3, 0.4) is 0 Å². The molecule has 0 aliphatic carbocycles. The monoisotopic (exact) mass is 326 g/mol. The average Bonchev–Trinajstić information content (AvgIpc) is 3.09. The second-order valence-electron chi connectivity index (χ2n) is 5.70. The molecule has 0 N–H and O–H groups in total. The lowest BCUT2D eigenvalue weighted by Gasteiger charge is -2.14. The molecule has 0 aliphatic heterocycles. The Labute approximate surface area is 139 Å². The van der Waals surface area contributed by atoms with Crippen molar-refractivity contribution in [3.63, 3.8) is 0 Å². The van der Waals surface area contributed by atoms with Crippen LogP contribution in [0.15, 0.2) is 35.1 Å². The zero-order chi connectivity index (χ0) is 17.1. The van der Waals surface area contributed by atoms with E-state index in [4.69, 9.17) is 9.15 Å². The third kappa shape index (κ3) is 3.48. The fourth-order valence-corrected chi connectivity index (χ4v) is 1.96. The zero-order valence-corrected chi connectivity index (χ0v) is 14.0. The summed E-state index contributed by atoms with van der Waals surface area (Å²) in [6, 6.07) is 7.56. The van der Waals surface area contributed by atoms with Crippen LogP contribution in [0.5, 0.6) is 11.8 Å². The first-order valence-electron chi connectivity index (χ1n) is 7.50. The Morgan fingerprint density at radius 1 is 1.12 bits per heavy atom. The molecule has 0 spiro atoms. The summed E-state index contributed by atoms with van der Waals surface area (Å²) in [6.07, 6.45) is 1.28. The number of hydrogen-bond donors (Lipinski definition) is 0. The summed E-state index contributed by atoms with van der Waals surface area (Å²) >= 11 is 0. The van der Waals surface area contributed by atoms with Crippen molar-refractivity contribution in [1.29, 1.82) is 0 Å². The molecule has 0 atom stereocenters. The second kappa shape index (κ2) is 6.61. The molecule has 2 heterocycles. The van der Waals surface area contributed by atoms with Gasteiger partial charge in [-0.05, 0) is 18.2 Å². The van der Waals surface area contributed by atoms with E-state index in [1.165, 1.54) is 6.39 Å². The minimum absolute atomic E-state index is 0.166. The number of aromatic nitrogens is 5. The van der Waals surface area contributed by atoms with Gasteiger partial charge in [0.25, 0.3) is 0 Å². The van der Waals surface area contributed by atoms with Crippen LogP contribution in [0.2, 0.25) is 0 Å². The number of benzene rings is 1. The van der Waals surface area contributed by atoms with Crippen LogP contribution < -0.4 is 9.64 Å². The molecule has 0 unspecified atom stereocenters. The Hall–Kier alpha value is -3.03. The summed E-state index contributed by atoms with van der Waals surface area (Å²) in [4.78, 5) is 15.0. The fourth-order valence-electron chi connectivity index (χ4n) is 1.96. The summed E-state index contributed by atoms with van der Waals surface area (Å²) in [5.74, 6) is 2.40. The maximum Gasteiger partial charge on any atom is 0.327 e. The molecule has 1 aromatic carbocycles. The Bertz CT molecular complexity index is 791. The van der Waals surface area contributed by atoms with Crippen molar-refractivity contribution in [3.05, 3.63) is 36.5 Å². The van der Waals surface area contributed by atoms with Crippen molar-refractivity contribution < 1.29 is 9.15 Å². The molecule has 0 aliphatic rings. The molecule has 0 amide bonds. The molecule has 0 saturated carbocycles. The Morgan fingerprint density at radius 2 is 1.96 bits per heavy atom. The predicted octanol–water partition coefficient (Wildman–Crippen LogP) is 2.90. The van der Waals surface area contributed by atoms with E-state index in [1.54, 1.807) is 6.07 Å². The van der Waals surface area contributed by atoms with Gasteiger partial charge in [0, 0.05) is 25.6 Å². The number of hydrogen-bond acceptors (Lipinski definition) is 8. The van der Waals surface area contributed by atoms with E-state index in [2.05, 4.69) is 25.1 Å². The Kier molecular flexibility index (Phi) is 4.37. The maximum atomic E-state index is 5.82. The number of anilines is 1. The second-order valence-corrected chi connectivity index (χ2v) is 5.70. The molecule has 0 saturated heterocycles. The highest BCUT2D eigenvalue weighted by Crippen LogP contribution is 2.26. The van der Waals surface area contributed by atoms with Gasteiger partial charge in [0.05, 0.1) is 0 Å². The molecular formula is C16H18N6O2. The van der Waals surface area contributed by atoms with Crippen LogP contribution in [-0.2, 0) is 0 Å². The van der Waals surface area contributed by atoms with Crippen molar-refractivity contribution in [2.24, 2.45) is 0 Å². The summed E-state index contributed by atoms with van der Waals surface area (Å²) in [6.45, 7) is 4.05. The molecule has 8 nitrogen and oxygen atoms in total. The van der Waals surface area contributed by atoms with Gasteiger partial charge in [-0.2, -0.15) is 15.0 Å². The van der Waals surface area contributed by atoms with E-state index >= 15 is 0 Å². The number of nitrogens with zero attached hydrogens (tertiary/aromatic N) is 6. The smallest absolute Gasteiger partial charge is 0.327 e. The molecule has 3 aromatic rings. The van der Waals surface area contributed by atoms with Crippen LogP contribution in [0, 0.1) is 0 Å². The minimum atomic E-state index is 0.166. The lowest BCUT2D eigenvalue weighted by atomic mass is 10.2. The van der Waals surface area contributed by atoms with Crippen LogP contribution in [0.25, 0.3) is 11.5 Å². The third-order valence-corrected chi connectivity index (χ3v) is 3.19. The van der Waals surface area contributed by atoms with Gasteiger partial charge in [0.2, 0.25) is 18.2 Å². The van der Waals surface area contributed by atoms with Gasteiger partial charge < -0.3 is 14.1 Å². The van der Waals surface area contributed by atoms with E-state index in [-0.39, 0.29) is 11.9 Å². The molecule has 0 radical (unpaired) electrons. The highest BCUT2D eigenvalue weighted by atomic mass is 16.5. The Balaban J connectivity index is 1.92. The van der Waals surface area contributed by atoms with Crippen molar-refractivity contribution in [3.8, 4) is 23.2 Å². The predicted molar refractivity (Wildman–Crippen MR) is 88.1 cm³/mol. The normalized spacial score (nSPS) is 10.9. The summed E-state index contributed by atoms with van der Waals surface area (Å²) in [5, 5.41) is 7.57. The van der Waals surface area contributed by atoms with Gasteiger partial charge in [0.15, 0.2) is 0 Å². The number of rotatable bonds is 5. The van der Waals surface area contributed by atoms with E-state index < -0.39 is 0 Å². The molecule has 8 heteroatoms. The highest BCUT2D eigenvalue weighted by Gasteiger charge is 2.13. The van der Waals surface area contributed by atoms with Gasteiger partial charge in [-0.1, -0.05) is 19.9 Å². The van der Waals surface area contributed by atoms with Crippen molar-refractivity contribution in [2.75, 3.05) is 19.0 Å².